The fourth-order valence-electron chi connectivity index (χ4n) is 3.75. The van der Waals surface area contributed by atoms with Crippen molar-refractivity contribution >= 4 is 23.5 Å². The number of thioether (sulfide) groups is 1. The average molecular weight is 386 g/mol. The second-order valence-electron chi connectivity index (χ2n) is 7.13. The van der Waals surface area contributed by atoms with E-state index in [1.165, 1.54) is 17.3 Å². The average Bonchev–Trinajstić information content (AvgIpc) is 2.68. The first-order chi connectivity index (χ1) is 13.1. The number of halogens is 1. The molecule has 1 N–H and O–H groups in total. The van der Waals surface area contributed by atoms with Gasteiger partial charge in [-0.25, -0.2) is 9.18 Å². The van der Waals surface area contributed by atoms with Crippen molar-refractivity contribution in [2.24, 2.45) is 0 Å². The Kier molecular flexibility index (Phi) is 5.25. The van der Waals surface area contributed by atoms with Gasteiger partial charge in [-0.1, -0.05) is 12.1 Å². The van der Waals surface area contributed by atoms with Crippen molar-refractivity contribution in [3.05, 3.63) is 59.4 Å². The number of carbonyl (C=O) groups is 1. The Morgan fingerprint density at radius 2 is 1.96 bits per heavy atom. The van der Waals surface area contributed by atoms with Gasteiger partial charge >= 0.3 is 6.03 Å². The van der Waals surface area contributed by atoms with Gasteiger partial charge in [-0.15, -0.1) is 11.8 Å². The summed E-state index contributed by atoms with van der Waals surface area (Å²) >= 11 is 1.72. The summed E-state index contributed by atoms with van der Waals surface area (Å²) in [5, 5.41) is 3.12. The third kappa shape index (κ3) is 4.05. The molecule has 27 heavy (non-hydrogen) atoms. The SMILES string of the molecule is Cc1cccc(N2CCN(C(=O)NC3CCSc4ccc(F)cc43)CC2)c1. The lowest BCUT2D eigenvalue weighted by Gasteiger charge is -2.37. The second-order valence-corrected chi connectivity index (χ2v) is 8.27. The van der Waals surface area contributed by atoms with Gasteiger partial charge in [0.1, 0.15) is 5.82 Å². The van der Waals surface area contributed by atoms with E-state index in [2.05, 4.69) is 41.4 Å². The van der Waals surface area contributed by atoms with Gasteiger partial charge in [0.25, 0.3) is 0 Å². The van der Waals surface area contributed by atoms with Crippen LogP contribution < -0.4 is 10.2 Å². The quantitative estimate of drug-likeness (QED) is 0.841. The summed E-state index contributed by atoms with van der Waals surface area (Å²) in [6.45, 7) is 5.12. The van der Waals surface area contributed by atoms with Crippen molar-refractivity contribution in [1.29, 1.82) is 0 Å². The third-order valence-electron chi connectivity index (χ3n) is 5.24. The number of amides is 2. The van der Waals surface area contributed by atoms with E-state index in [1.807, 2.05) is 11.0 Å². The first-order valence-corrected chi connectivity index (χ1v) is 10.4. The summed E-state index contributed by atoms with van der Waals surface area (Å²) < 4.78 is 13.7. The van der Waals surface area contributed by atoms with Crippen LogP contribution in [0.15, 0.2) is 47.4 Å². The van der Waals surface area contributed by atoms with Crippen LogP contribution in [-0.4, -0.2) is 42.9 Å². The second kappa shape index (κ2) is 7.80. The number of carbonyl (C=O) groups excluding carboxylic acids is 1. The van der Waals surface area contributed by atoms with Crippen molar-refractivity contribution < 1.29 is 9.18 Å². The first kappa shape index (κ1) is 18.2. The monoisotopic (exact) mass is 385 g/mol. The topological polar surface area (TPSA) is 35.6 Å². The number of fused-ring (bicyclic) bond motifs is 1. The van der Waals surface area contributed by atoms with Crippen LogP contribution in [0, 0.1) is 12.7 Å². The summed E-state index contributed by atoms with van der Waals surface area (Å²) in [7, 11) is 0. The number of piperazine rings is 1. The zero-order valence-electron chi connectivity index (χ0n) is 15.5. The molecule has 2 heterocycles. The highest BCUT2D eigenvalue weighted by Crippen LogP contribution is 2.36. The zero-order valence-corrected chi connectivity index (χ0v) is 16.3. The molecule has 1 atom stereocenters. The molecule has 0 saturated carbocycles. The van der Waals surface area contributed by atoms with Crippen molar-refractivity contribution in [3.63, 3.8) is 0 Å². The number of benzene rings is 2. The van der Waals surface area contributed by atoms with E-state index in [0.717, 1.165) is 35.7 Å². The molecule has 0 radical (unpaired) electrons. The Hall–Kier alpha value is -2.21. The largest absolute Gasteiger partial charge is 0.368 e. The number of aryl methyl sites for hydroxylation is 1. The molecular weight excluding hydrogens is 361 g/mol. The molecule has 2 aromatic carbocycles. The standard InChI is InChI=1S/C21H24FN3OS/c1-15-3-2-4-17(13-15)24-8-10-25(11-9-24)21(26)23-19-7-12-27-20-6-5-16(22)14-18(19)20/h2-6,13-14,19H,7-12H2,1H3,(H,23,26). The molecular formula is C21H24FN3OS. The predicted octanol–water partition coefficient (Wildman–Crippen LogP) is 4.20. The van der Waals surface area contributed by atoms with E-state index in [9.17, 15) is 9.18 Å². The molecule has 2 aliphatic heterocycles. The fourth-order valence-corrected chi connectivity index (χ4v) is 4.85. The predicted molar refractivity (Wildman–Crippen MR) is 108 cm³/mol. The van der Waals surface area contributed by atoms with Crippen LogP contribution in [0.25, 0.3) is 0 Å². The van der Waals surface area contributed by atoms with Gasteiger partial charge in [0.05, 0.1) is 6.04 Å². The van der Waals surface area contributed by atoms with E-state index in [4.69, 9.17) is 0 Å². The van der Waals surface area contributed by atoms with Crippen molar-refractivity contribution in [1.82, 2.24) is 10.2 Å². The summed E-state index contributed by atoms with van der Waals surface area (Å²) in [4.78, 5) is 18.0. The summed E-state index contributed by atoms with van der Waals surface area (Å²) in [5.41, 5.74) is 3.36. The molecule has 0 bridgehead atoms. The highest BCUT2D eigenvalue weighted by atomic mass is 32.2. The summed E-state index contributed by atoms with van der Waals surface area (Å²) in [6, 6.07) is 13.2. The number of nitrogens with one attached hydrogen (secondary N) is 1. The Labute approximate surface area is 163 Å². The van der Waals surface area contributed by atoms with Gasteiger partial charge in [0.15, 0.2) is 0 Å². The molecule has 142 valence electrons. The number of nitrogens with zero attached hydrogens (tertiary/aromatic N) is 2. The third-order valence-corrected chi connectivity index (χ3v) is 6.37. The number of anilines is 1. The Balaban J connectivity index is 1.37. The zero-order chi connectivity index (χ0) is 18.8. The van der Waals surface area contributed by atoms with Crippen LogP contribution in [0.4, 0.5) is 14.9 Å². The van der Waals surface area contributed by atoms with E-state index in [-0.39, 0.29) is 17.9 Å². The van der Waals surface area contributed by atoms with Crippen molar-refractivity contribution in [3.8, 4) is 0 Å². The Morgan fingerprint density at radius 3 is 2.74 bits per heavy atom. The lowest BCUT2D eigenvalue weighted by molar-refractivity contribution is 0.189. The molecule has 2 amide bonds. The van der Waals surface area contributed by atoms with Gasteiger partial charge in [-0.05, 0) is 54.8 Å². The molecule has 4 rings (SSSR count). The minimum atomic E-state index is -0.248. The first-order valence-electron chi connectivity index (χ1n) is 9.39. The van der Waals surface area contributed by atoms with Crippen LogP contribution in [0.1, 0.15) is 23.6 Å². The van der Waals surface area contributed by atoms with Gasteiger partial charge in [-0.3, -0.25) is 0 Å². The molecule has 4 nitrogen and oxygen atoms in total. The number of rotatable bonds is 2. The normalized spacial score (nSPS) is 19.6. The molecule has 2 aromatic rings. The highest BCUT2D eigenvalue weighted by molar-refractivity contribution is 7.99. The minimum Gasteiger partial charge on any atom is -0.368 e. The molecule has 0 aromatic heterocycles. The number of hydrogen-bond donors (Lipinski definition) is 1. The van der Waals surface area contributed by atoms with Crippen LogP contribution in [0.3, 0.4) is 0 Å². The van der Waals surface area contributed by atoms with E-state index in [0.29, 0.717) is 13.1 Å². The summed E-state index contributed by atoms with van der Waals surface area (Å²) in [6.07, 6.45) is 0.829. The maximum absolute atomic E-state index is 13.7. The van der Waals surface area contributed by atoms with Gasteiger partial charge in [-0.2, -0.15) is 0 Å². The van der Waals surface area contributed by atoms with E-state index >= 15 is 0 Å². The minimum absolute atomic E-state index is 0.0500. The maximum Gasteiger partial charge on any atom is 0.318 e. The lowest BCUT2D eigenvalue weighted by Crippen LogP contribution is -2.52. The Bertz CT molecular complexity index is 836. The number of hydrogen-bond acceptors (Lipinski definition) is 3. The maximum atomic E-state index is 13.7. The van der Waals surface area contributed by atoms with Gasteiger partial charge < -0.3 is 15.1 Å². The van der Waals surface area contributed by atoms with Crippen LogP contribution in [0.5, 0.6) is 0 Å². The van der Waals surface area contributed by atoms with Crippen LogP contribution >= 0.6 is 11.8 Å². The van der Waals surface area contributed by atoms with Crippen LogP contribution in [0.2, 0.25) is 0 Å². The van der Waals surface area contributed by atoms with E-state index in [1.54, 1.807) is 17.8 Å². The van der Waals surface area contributed by atoms with Crippen molar-refractivity contribution in [2.45, 2.75) is 24.3 Å². The molecule has 1 fully saturated rings. The fraction of sp³-hybridized carbons (Fsp3) is 0.381. The highest BCUT2D eigenvalue weighted by Gasteiger charge is 2.27. The molecule has 0 aliphatic carbocycles. The smallest absolute Gasteiger partial charge is 0.318 e. The Morgan fingerprint density at radius 1 is 1.15 bits per heavy atom. The molecule has 6 heteroatoms. The van der Waals surface area contributed by atoms with Crippen molar-refractivity contribution in [2.75, 3.05) is 36.8 Å². The van der Waals surface area contributed by atoms with Gasteiger partial charge in [0, 0.05) is 42.5 Å². The lowest BCUT2D eigenvalue weighted by atomic mass is 10.0. The van der Waals surface area contributed by atoms with Gasteiger partial charge in [0.2, 0.25) is 0 Å². The molecule has 2 aliphatic rings. The summed E-state index contributed by atoms with van der Waals surface area (Å²) in [5.74, 6) is 0.687. The number of urea groups is 1. The van der Waals surface area contributed by atoms with Crippen LogP contribution in [-0.2, 0) is 0 Å². The van der Waals surface area contributed by atoms with E-state index < -0.39 is 0 Å². The molecule has 0 spiro atoms. The molecule has 1 saturated heterocycles. The molecule has 1 unspecified atom stereocenters.